The molecule has 0 aromatic rings. The smallest absolute Gasteiger partial charge is 0.213 e. The Morgan fingerprint density at radius 2 is 1.22 bits per heavy atom. The number of hydrogen-bond acceptors (Lipinski definition) is 4. The van der Waals surface area contributed by atoms with Gasteiger partial charge in [0.25, 0.3) is 0 Å². The number of carbonyl (C=O) groups excluding carboxylic acids is 2. The molecule has 0 aliphatic rings. The van der Waals surface area contributed by atoms with Crippen LogP contribution in [-0.2, 0) is 9.59 Å². The highest BCUT2D eigenvalue weighted by Gasteiger charge is 1.92. The van der Waals surface area contributed by atoms with Gasteiger partial charge in [-0.05, 0) is 10.8 Å². The quantitative estimate of drug-likeness (QED) is 0.253. The van der Waals surface area contributed by atoms with E-state index < -0.39 is 0 Å². The Labute approximate surface area is 115 Å². The average Bonchev–Trinajstić information content (AvgIpc) is 2.39. The lowest BCUT2D eigenvalue weighted by molar-refractivity contribution is -0.116. The van der Waals surface area contributed by atoms with Gasteiger partial charge in [0.1, 0.15) is 0 Å². The van der Waals surface area contributed by atoms with Crippen LogP contribution in [0.5, 0.6) is 0 Å². The molecule has 2 amide bonds. The van der Waals surface area contributed by atoms with Gasteiger partial charge < -0.3 is 9.80 Å². The molecule has 98 valence electrons. The molecule has 0 aromatic carbocycles. The van der Waals surface area contributed by atoms with Crippen molar-refractivity contribution >= 4 is 34.4 Å². The number of carbonyl (C=O) groups is 2. The molecular formula is C12H16N2O2S2. The molecular weight excluding hydrogens is 268 g/mol. The number of nitrogens with zero attached hydrogens (tertiary/aromatic N) is 2. The van der Waals surface area contributed by atoms with E-state index in [1.165, 1.54) is 31.4 Å². The molecule has 0 aromatic heterocycles. The van der Waals surface area contributed by atoms with Crippen molar-refractivity contribution in [3.8, 4) is 0 Å². The first-order valence-corrected chi connectivity index (χ1v) is 7.35. The molecule has 0 rings (SSSR count). The van der Waals surface area contributed by atoms with Gasteiger partial charge in [-0.25, -0.2) is 0 Å². The van der Waals surface area contributed by atoms with Crippen LogP contribution in [0.3, 0.4) is 0 Å². The minimum absolute atomic E-state index is 0.485. The van der Waals surface area contributed by atoms with Crippen molar-refractivity contribution < 1.29 is 9.59 Å². The molecule has 0 atom stereocenters. The van der Waals surface area contributed by atoms with Crippen LogP contribution in [0.15, 0.2) is 48.5 Å². The Balaban J connectivity index is 3.89. The van der Waals surface area contributed by atoms with E-state index in [2.05, 4.69) is 13.2 Å². The van der Waals surface area contributed by atoms with Gasteiger partial charge >= 0.3 is 0 Å². The average molecular weight is 284 g/mol. The van der Waals surface area contributed by atoms with Crippen LogP contribution < -0.4 is 0 Å². The third-order valence-electron chi connectivity index (χ3n) is 1.62. The third-order valence-corrected chi connectivity index (χ3v) is 3.20. The Bertz CT molecular complexity index is 298. The van der Waals surface area contributed by atoms with Gasteiger partial charge in [-0.2, -0.15) is 0 Å². The van der Waals surface area contributed by atoms with Crippen molar-refractivity contribution in [2.45, 2.75) is 0 Å². The maximum atomic E-state index is 10.6. The summed E-state index contributed by atoms with van der Waals surface area (Å²) >= 11 is 0. The van der Waals surface area contributed by atoms with Crippen LogP contribution in [0, 0.1) is 0 Å². The van der Waals surface area contributed by atoms with Crippen LogP contribution in [0.25, 0.3) is 0 Å². The molecule has 6 heteroatoms. The largest absolute Gasteiger partial charge is 0.317 e. The van der Waals surface area contributed by atoms with E-state index in [9.17, 15) is 9.59 Å². The van der Waals surface area contributed by atoms with Crippen LogP contribution in [-0.4, -0.2) is 35.7 Å². The van der Waals surface area contributed by atoms with Gasteiger partial charge in [0.2, 0.25) is 12.8 Å². The lowest BCUT2D eigenvalue weighted by Gasteiger charge is -2.07. The minimum atomic E-state index is 0.485. The first kappa shape index (κ1) is 16.6. The summed E-state index contributed by atoms with van der Waals surface area (Å²) in [6.07, 6.45) is 8.10. The van der Waals surface area contributed by atoms with E-state index in [0.717, 1.165) is 12.8 Å². The van der Waals surface area contributed by atoms with Gasteiger partial charge in [-0.3, -0.25) is 9.59 Å². The minimum Gasteiger partial charge on any atom is -0.317 e. The Morgan fingerprint density at radius 3 is 1.50 bits per heavy atom. The first-order chi connectivity index (χ1) is 8.78. The van der Waals surface area contributed by atoms with Crippen molar-refractivity contribution in [1.82, 2.24) is 9.80 Å². The second kappa shape index (κ2) is 12.1. The van der Waals surface area contributed by atoms with Crippen LogP contribution >= 0.6 is 21.6 Å². The second-order valence-electron chi connectivity index (χ2n) is 2.94. The zero-order valence-corrected chi connectivity index (χ0v) is 11.6. The second-order valence-corrected chi connectivity index (χ2v) is 5.03. The highest BCUT2D eigenvalue weighted by atomic mass is 33.1. The summed E-state index contributed by atoms with van der Waals surface area (Å²) in [5.74, 6) is 0. The van der Waals surface area contributed by atoms with E-state index in [1.54, 1.807) is 35.4 Å². The molecule has 0 aliphatic carbocycles. The normalized spacial score (nSPS) is 10.4. The zero-order chi connectivity index (χ0) is 13.6. The predicted molar refractivity (Wildman–Crippen MR) is 79.4 cm³/mol. The van der Waals surface area contributed by atoms with Crippen molar-refractivity contribution in [2.24, 2.45) is 0 Å². The standard InChI is InChI=1S/C12H16N2O2S2/c1-3-5-13(11-15)7-9-17-18-10-8-14(12-16)6-4-2/h3-4,7-12H,1-2,5-6H2. The summed E-state index contributed by atoms with van der Waals surface area (Å²) in [7, 11) is 2.88. The number of rotatable bonds is 11. The molecule has 0 saturated carbocycles. The number of hydrogen-bond donors (Lipinski definition) is 0. The highest BCUT2D eigenvalue weighted by molar-refractivity contribution is 8.78. The SMILES string of the molecule is C=CCN(C=O)C=CSSC=CN(C=O)CC=C. The molecule has 18 heavy (non-hydrogen) atoms. The molecule has 0 N–H and O–H groups in total. The third kappa shape index (κ3) is 8.72. The topological polar surface area (TPSA) is 40.6 Å². The maximum Gasteiger partial charge on any atom is 0.213 e. The highest BCUT2D eigenvalue weighted by Crippen LogP contribution is 2.23. The van der Waals surface area contributed by atoms with E-state index in [1.807, 2.05) is 0 Å². The van der Waals surface area contributed by atoms with Crippen LogP contribution in [0.2, 0.25) is 0 Å². The van der Waals surface area contributed by atoms with E-state index >= 15 is 0 Å². The van der Waals surface area contributed by atoms with Gasteiger partial charge in [0.15, 0.2) is 0 Å². The monoisotopic (exact) mass is 284 g/mol. The molecule has 0 spiro atoms. The van der Waals surface area contributed by atoms with Gasteiger partial charge in [0.05, 0.1) is 0 Å². The van der Waals surface area contributed by atoms with Crippen molar-refractivity contribution in [3.63, 3.8) is 0 Å². The lowest BCUT2D eigenvalue weighted by Crippen LogP contribution is -2.13. The molecule has 0 fully saturated rings. The summed E-state index contributed by atoms with van der Waals surface area (Å²) in [6.45, 7) is 8.07. The summed E-state index contributed by atoms with van der Waals surface area (Å²) in [5.41, 5.74) is 0. The maximum absolute atomic E-state index is 10.6. The molecule has 0 unspecified atom stereocenters. The van der Waals surface area contributed by atoms with Crippen molar-refractivity contribution in [1.29, 1.82) is 0 Å². The van der Waals surface area contributed by atoms with E-state index in [-0.39, 0.29) is 0 Å². The number of amides is 2. The first-order valence-electron chi connectivity index (χ1n) is 5.07. The molecule has 0 bridgehead atoms. The summed E-state index contributed by atoms with van der Waals surface area (Å²) < 4.78 is 0. The van der Waals surface area contributed by atoms with Crippen LogP contribution in [0.4, 0.5) is 0 Å². The fourth-order valence-corrected chi connectivity index (χ4v) is 2.07. The van der Waals surface area contributed by atoms with Gasteiger partial charge in [0, 0.05) is 25.5 Å². The fraction of sp³-hybridized carbons (Fsp3) is 0.167. The van der Waals surface area contributed by atoms with Crippen molar-refractivity contribution in [2.75, 3.05) is 13.1 Å². The Morgan fingerprint density at radius 1 is 0.833 bits per heavy atom. The van der Waals surface area contributed by atoms with Crippen LogP contribution in [0.1, 0.15) is 0 Å². The Hall–Kier alpha value is -1.40. The zero-order valence-electron chi connectivity index (χ0n) is 9.97. The summed E-state index contributed by atoms with van der Waals surface area (Å²) in [5, 5.41) is 3.57. The van der Waals surface area contributed by atoms with E-state index in [0.29, 0.717) is 13.1 Å². The molecule has 0 aliphatic heterocycles. The van der Waals surface area contributed by atoms with Gasteiger partial charge in [-0.1, -0.05) is 33.7 Å². The Kier molecular flexibility index (Phi) is 11.1. The van der Waals surface area contributed by atoms with E-state index in [4.69, 9.17) is 0 Å². The van der Waals surface area contributed by atoms with Gasteiger partial charge in [-0.15, -0.1) is 13.2 Å². The molecule has 0 saturated heterocycles. The molecule has 0 heterocycles. The lowest BCUT2D eigenvalue weighted by atomic mass is 10.6. The molecule has 4 nitrogen and oxygen atoms in total. The fourth-order valence-electron chi connectivity index (χ4n) is 0.846. The molecule has 0 radical (unpaired) electrons. The summed E-state index contributed by atoms with van der Waals surface area (Å²) in [4.78, 5) is 24.1. The summed E-state index contributed by atoms with van der Waals surface area (Å²) in [6, 6.07) is 0. The van der Waals surface area contributed by atoms with Crippen molar-refractivity contribution in [3.05, 3.63) is 48.5 Å². The predicted octanol–water partition coefficient (Wildman–Crippen LogP) is 2.60.